The zero-order valence-corrected chi connectivity index (χ0v) is 17.1. The highest BCUT2D eigenvalue weighted by Gasteiger charge is 2.36. The van der Waals surface area contributed by atoms with Gasteiger partial charge in [0.05, 0.1) is 16.5 Å². The normalized spacial score (nSPS) is 17.2. The van der Waals surface area contributed by atoms with Crippen LogP contribution in [0.25, 0.3) is 11.0 Å². The van der Waals surface area contributed by atoms with E-state index in [2.05, 4.69) is 19.9 Å². The third-order valence-corrected chi connectivity index (χ3v) is 5.42. The predicted molar refractivity (Wildman–Crippen MR) is 108 cm³/mol. The molecule has 0 saturated carbocycles. The number of aromatic nitrogens is 4. The van der Waals surface area contributed by atoms with Gasteiger partial charge in [-0.25, -0.2) is 15.0 Å². The van der Waals surface area contributed by atoms with E-state index in [1.54, 1.807) is 24.0 Å². The molecule has 1 aliphatic heterocycles. The lowest BCUT2D eigenvalue weighted by Crippen LogP contribution is -2.39. The number of fused-ring (bicyclic) bond motifs is 1. The summed E-state index contributed by atoms with van der Waals surface area (Å²) in [5, 5.41) is -0.295. The maximum Gasteiger partial charge on any atom is 0.417 e. The summed E-state index contributed by atoms with van der Waals surface area (Å²) in [6.07, 6.45) is -1.85. The number of nitrogens with two attached hydrogens (primary N) is 1. The number of pyridine rings is 2. The fraction of sp³-hybridized carbons (Fsp3) is 0.381. The Balaban J connectivity index is 1.71. The minimum absolute atomic E-state index is 0.0824. The van der Waals surface area contributed by atoms with E-state index in [9.17, 15) is 18.0 Å². The van der Waals surface area contributed by atoms with Gasteiger partial charge in [0.25, 0.3) is 5.91 Å². The summed E-state index contributed by atoms with van der Waals surface area (Å²) in [7, 11) is 0. The first-order chi connectivity index (χ1) is 14.6. The van der Waals surface area contributed by atoms with E-state index in [1.165, 1.54) is 6.20 Å². The van der Waals surface area contributed by atoms with Crippen LogP contribution in [0.2, 0.25) is 0 Å². The second-order valence-corrected chi connectivity index (χ2v) is 7.73. The van der Waals surface area contributed by atoms with Crippen LogP contribution in [-0.4, -0.2) is 43.8 Å². The number of nitrogen functional groups attached to an aromatic ring is 1. The molecule has 1 unspecified atom stereocenters. The van der Waals surface area contributed by atoms with Gasteiger partial charge >= 0.3 is 6.18 Å². The highest BCUT2D eigenvalue weighted by molar-refractivity contribution is 5.94. The van der Waals surface area contributed by atoms with Gasteiger partial charge in [0.15, 0.2) is 5.65 Å². The van der Waals surface area contributed by atoms with E-state index >= 15 is 0 Å². The van der Waals surface area contributed by atoms with Crippen LogP contribution in [0.1, 0.15) is 51.9 Å². The molecule has 0 radical (unpaired) electrons. The van der Waals surface area contributed by atoms with Gasteiger partial charge in [0.2, 0.25) is 0 Å². The van der Waals surface area contributed by atoms with Gasteiger partial charge in [-0.05, 0) is 44.9 Å². The molecule has 10 heteroatoms. The molecule has 31 heavy (non-hydrogen) atoms. The monoisotopic (exact) mass is 430 g/mol. The van der Waals surface area contributed by atoms with Crippen LogP contribution < -0.4 is 5.73 Å². The molecule has 2 N–H and O–H groups in total. The van der Waals surface area contributed by atoms with Crippen molar-refractivity contribution < 1.29 is 18.0 Å². The van der Waals surface area contributed by atoms with Crippen LogP contribution in [0.3, 0.4) is 0 Å². The molecule has 1 fully saturated rings. The van der Waals surface area contributed by atoms with Crippen LogP contribution in [0.5, 0.6) is 0 Å². The third-order valence-electron chi connectivity index (χ3n) is 5.42. The highest BCUT2D eigenvalue weighted by Crippen LogP contribution is 2.38. The molecule has 0 bridgehead atoms. The van der Waals surface area contributed by atoms with Gasteiger partial charge in [-0.1, -0.05) is 0 Å². The Kier molecular flexibility index (Phi) is 5.24. The van der Waals surface area contributed by atoms with Crippen LogP contribution in [-0.2, 0) is 6.18 Å². The minimum atomic E-state index is -4.64. The number of halogens is 3. The van der Waals surface area contributed by atoms with Crippen LogP contribution in [0.15, 0.2) is 24.4 Å². The Hall–Kier alpha value is -3.30. The van der Waals surface area contributed by atoms with Crippen molar-refractivity contribution in [3.8, 4) is 0 Å². The summed E-state index contributed by atoms with van der Waals surface area (Å²) in [4.78, 5) is 31.0. The number of carbonyl (C=O) groups excluding carboxylic acids is 1. The fourth-order valence-corrected chi connectivity index (χ4v) is 3.91. The number of amides is 1. The maximum absolute atomic E-state index is 13.8. The highest BCUT2D eigenvalue weighted by atomic mass is 19.4. The lowest BCUT2D eigenvalue weighted by Gasteiger charge is -2.33. The SMILES string of the molecule is Cc1ccc(C(=O)N2CCCC(c3cc(C(F)(F)F)c4c(N)nc(C)nc4n3)C2)cn1. The number of carbonyl (C=O) groups is 1. The van der Waals surface area contributed by atoms with Gasteiger partial charge in [-0.2, -0.15) is 13.2 Å². The Bertz CT molecular complexity index is 1150. The lowest BCUT2D eigenvalue weighted by atomic mass is 9.92. The third kappa shape index (κ3) is 4.14. The van der Waals surface area contributed by atoms with E-state index in [-0.39, 0.29) is 46.7 Å². The molecule has 4 rings (SSSR count). The number of aryl methyl sites for hydroxylation is 2. The van der Waals surface area contributed by atoms with Crippen molar-refractivity contribution in [3.05, 3.63) is 52.7 Å². The zero-order chi connectivity index (χ0) is 22.3. The first-order valence-corrected chi connectivity index (χ1v) is 9.87. The summed E-state index contributed by atoms with van der Waals surface area (Å²) >= 11 is 0. The van der Waals surface area contributed by atoms with E-state index < -0.39 is 11.7 Å². The Labute approximate surface area is 176 Å². The van der Waals surface area contributed by atoms with Crippen molar-refractivity contribution >= 4 is 22.8 Å². The summed E-state index contributed by atoms with van der Waals surface area (Å²) in [5.74, 6) is -0.550. The molecule has 7 nitrogen and oxygen atoms in total. The standard InChI is InChI=1S/C21H21F3N6O/c1-11-5-6-13(9-26-11)20(31)30-7-3-4-14(10-30)16-8-15(21(22,23)24)17-18(25)27-12(2)28-19(17)29-16/h5-6,8-9,14H,3-4,7,10H2,1-2H3,(H2,25,27,28,29). The average Bonchev–Trinajstić information content (AvgIpc) is 2.72. The molecule has 0 aliphatic carbocycles. The summed E-state index contributed by atoms with van der Waals surface area (Å²) < 4.78 is 41.4. The second kappa shape index (κ2) is 7.75. The molecule has 0 aromatic carbocycles. The van der Waals surface area contributed by atoms with Crippen LogP contribution >= 0.6 is 0 Å². The van der Waals surface area contributed by atoms with Gasteiger partial charge < -0.3 is 10.6 Å². The number of anilines is 1. The molecular weight excluding hydrogens is 409 g/mol. The van der Waals surface area contributed by atoms with Crippen molar-refractivity contribution in [1.29, 1.82) is 0 Å². The molecule has 4 heterocycles. The smallest absolute Gasteiger partial charge is 0.383 e. The van der Waals surface area contributed by atoms with Crippen molar-refractivity contribution in [3.63, 3.8) is 0 Å². The quantitative estimate of drug-likeness (QED) is 0.666. The maximum atomic E-state index is 13.8. The summed E-state index contributed by atoms with van der Waals surface area (Å²) in [6, 6.07) is 4.47. The lowest BCUT2D eigenvalue weighted by molar-refractivity contribution is -0.136. The number of rotatable bonds is 2. The topological polar surface area (TPSA) is 97.9 Å². The van der Waals surface area contributed by atoms with Crippen molar-refractivity contribution in [2.75, 3.05) is 18.8 Å². The number of alkyl halides is 3. The zero-order valence-electron chi connectivity index (χ0n) is 17.1. The van der Waals surface area contributed by atoms with Gasteiger partial charge in [0, 0.05) is 36.6 Å². The molecule has 1 amide bonds. The molecular formula is C21H21F3N6O. The first kappa shape index (κ1) is 21.0. The Morgan fingerprint density at radius 2 is 1.97 bits per heavy atom. The van der Waals surface area contributed by atoms with Gasteiger partial charge in [-0.3, -0.25) is 9.78 Å². The first-order valence-electron chi connectivity index (χ1n) is 9.87. The number of hydrogen-bond donors (Lipinski definition) is 1. The number of likely N-dealkylation sites (tertiary alicyclic amines) is 1. The largest absolute Gasteiger partial charge is 0.417 e. The van der Waals surface area contributed by atoms with Crippen LogP contribution in [0.4, 0.5) is 19.0 Å². The van der Waals surface area contributed by atoms with E-state index in [0.29, 0.717) is 24.9 Å². The van der Waals surface area contributed by atoms with Crippen LogP contribution in [0, 0.1) is 13.8 Å². The summed E-state index contributed by atoms with van der Waals surface area (Å²) in [6.45, 7) is 4.17. The average molecular weight is 430 g/mol. The van der Waals surface area contributed by atoms with Crippen molar-refractivity contribution in [2.45, 2.75) is 38.8 Å². The number of nitrogens with zero attached hydrogens (tertiary/aromatic N) is 5. The number of piperidine rings is 1. The van der Waals surface area contributed by atoms with Crippen molar-refractivity contribution in [2.24, 2.45) is 0 Å². The molecule has 1 saturated heterocycles. The van der Waals surface area contributed by atoms with Gasteiger partial charge in [-0.15, -0.1) is 0 Å². The molecule has 162 valence electrons. The van der Waals surface area contributed by atoms with E-state index in [1.807, 2.05) is 6.92 Å². The summed E-state index contributed by atoms with van der Waals surface area (Å²) in [5.41, 5.74) is 6.27. The molecule has 1 aliphatic rings. The van der Waals surface area contributed by atoms with E-state index in [4.69, 9.17) is 5.73 Å². The van der Waals surface area contributed by atoms with Crippen molar-refractivity contribution in [1.82, 2.24) is 24.8 Å². The second-order valence-electron chi connectivity index (χ2n) is 7.73. The number of hydrogen-bond acceptors (Lipinski definition) is 6. The fourth-order valence-electron chi connectivity index (χ4n) is 3.91. The molecule has 3 aromatic heterocycles. The molecule has 1 atom stereocenters. The molecule has 0 spiro atoms. The van der Waals surface area contributed by atoms with Gasteiger partial charge in [0.1, 0.15) is 11.6 Å². The molecule has 3 aromatic rings. The predicted octanol–water partition coefficient (Wildman–Crippen LogP) is 3.66. The Morgan fingerprint density at radius 3 is 2.65 bits per heavy atom. The Morgan fingerprint density at radius 1 is 1.19 bits per heavy atom. The minimum Gasteiger partial charge on any atom is -0.383 e. The van der Waals surface area contributed by atoms with E-state index in [0.717, 1.165) is 11.8 Å².